The molecule has 0 radical (unpaired) electrons. The molecule has 0 bridgehead atoms. The number of nitrogens with one attached hydrogen (secondary N) is 2. The Hall–Kier alpha value is -1.05. The molecular formula is C14H22IN5. The molecule has 1 saturated heterocycles. The number of nitrogens with zero attached hydrogens (tertiary/aromatic N) is 3. The zero-order valence-electron chi connectivity index (χ0n) is 11.8. The van der Waals surface area contributed by atoms with Crippen LogP contribution in [-0.2, 0) is 6.54 Å². The van der Waals surface area contributed by atoms with Crippen LogP contribution in [0, 0.1) is 0 Å². The normalized spacial score (nSPS) is 21.1. The van der Waals surface area contributed by atoms with Gasteiger partial charge in [-0.2, -0.15) is 0 Å². The molecule has 1 aromatic rings. The molecule has 2 N–H and O–H groups in total. The predicted octanol–water partition coefficient (Wildman–Crippen LogP) is 1.74. The van der Waals surface area contributed by atoms with Crippen LogP contribution >= 0.6 is 24.0 Å². The van der Waals surface area contributed by atoms with Crippen LogP contribution in [0.3, 0.4) is 0 Å². The van der Waals surface area contributed by atoms with Gasteiger partial charge in [-0.05, 0) is 37.5 Å². The minimum absolute atomic E-state index is 0. The first-order valence-corrected chi connectivity index (χ1v) is 7.06. The summed E-state index contributed by atoms with van der Waals surface area (Å²) in [6, 6.07) is 4.68. The first-order valence-electron chi connectivity index (χ1n) is 7.06. The van der Waals surface area contributed by atoms with E-state index in [1.807, 2.05) is 6.20 Å². The number of rotatable bonds is 3. The summed E-state index contributed by atoms with van der Waals surface area (Å²) in [5.74, 6) is 2.01. The number of aromatic nitrogens is 1. The van der Waals surface area contributed by atoms with E-state index in [0.29, 0.717) is 6.04 Å². The summed E-state index contributed by atoms with van der Waals surface area (Å²) in [7, 11) is 0. The maximum Gasteiger partial charge on any atom is 0.191 e. The Morgan fingerprint density at radius 1 is 1.40 bits per heavy atom. The fourth-order valence-electron chi connectivity index (χ4n) is 2.54. The van der Waals surface area contributed by atoms with Gasteiger partial charge in [-0.15, -0.1) is 24.0 Å². The Balaban J connectivity index is 0.00000147. The van der Waals surface area contributed by atoms with Crippen molar-refractivity contribution in [2.75, 3.05) is 24.5 Å². The summed E-state index contributed by atoms with van der Waals surface area (Å²) in [5.41, 5.74) is 1.25. The first kappa shape index (κ1) is 15.3. The highest BCUT2D eigenvalue weighted by Crippen LogP contribution is 2.18. The quantitative estimate of drug-likeness (QED) is 0.776. The predicted molar refractivity (Wildman–Crippen MR) is 92.8 cm³/mol. The molecule has 20 heavy (non-hydrogen) atoms. The van der Waals surface area contributed by atoms with E-state index in [4.69, 9.17) is 0 Å². The van der Waals surface area contributed by atoms with Crippen molar-refractivity contribution in [3.05, 3.63) is 23.9 Å². The molecule has 1 fully saturated rings. The number of halogens is 1. The lowest BCUT2D eigenvalue weighted by Gasteiger charge is -2.17. The van der Waals surface area contributed by atoms with E-state index in [-0.39, 0.29) is 24.0 Å². The van der Waals surface area contributed by atoms with Crippen molar-refractivity contribution in [2.45, 2.75) is 32.4 Å². The van der Waals surface area contributed by atoms with Gasteiger partial charge in [0.1, 0.15) is 5.82 Å². The maximum absolute atomic E-state index is 4.47. The summed E-state index contributed by atoms with van der Waals surface area (Å²) < 4.78 is 0. The number of aliphatic imine (C=N–C) groups is 1. The summed E-state index contributed by atoms with van der Waals surface area (Å²) >= 11 is 0. The molecule has 2 aliphatic rings. The molecule has 5 nitrogen and oxygen atoms in total. The highest BCUT2D eigenvalue weighted by atomic mass is 127. The van der Waals surface area contributed by atoms with E-state index in [2.05, 4.69) is 44.6 Å². The topological polar surface area (TPSA) is 52.6 Å². The lowest BCUT2D eigenvalue weighted by atomic mass is 10.2. The lowest BCUT2D eigenvalue weighted by molar-refractivity contribution is 0.713. The Labute approximate surface area is 137 Å². The van der Waals surface area contributed by atoms with E-state index in [1.54, 1.807) is 0 Å². The van der Waals surface area contributed by atoms with Gasteiger partial charge in [0.25, 0.3) is 0 Å². The van der Waals surface area contributed by atoms with Crippen LogP contribution in [0.2, 0.25) is 0 Å². The second kappa shape index (κ2) is 7.10. The van der Waals surface area contributed by atoms with Crippen molar-refractivity contribution in [3.63, 3.8) is 0 Å². The van der Waals surface area contributed by atoms with Crippen molar-refractivity contribution in [1.82, 2.24) is 15.6 Å². The van der Waals surface area contributed by atoms with Gasteiger partial charge in [-0.25, -0.2) is 4.98 Å². The van der Waals surface area contributed by atoms with Gasteiger partial charge in [0.2, 0.25) is 0 Å². The molecule has 3 heterocycles. The minimum Gasteiger partial charge on any atom is -0.357 e. The summed E-state index contributed by atoms with van der Waals surface area (Å²) in [6.45, 7) is 6.06. The van der Waals surface area contributed by atoms with Crippen molar-refractivity contribution < 1.29 is 0 Å². The van der Waals surface area contributed by atoms with Crippen molar-refractivity contribution in [3.8, 4) is 0 Å². The molecule has 0 spiro atoms. The van der Waals surface area contributed by atoms with Crippen molar-refractivity contribution >= 4 is 35.8 Å². The lowest BCUT2D eigenvalue weighted by Crippen LogP contribution is -2.37. The number of guanidine groups is 1. The van der Waals surface area contributed by atoms with Gasteiger partial charge in [0, 0.05) is 31.9 Å². The molecule has 1 atom stereocenters. The molecule has 0 saturated carbocycles. The third kappa shape index (κ3) is 3.74. The summed E-state index contributed by atoms with van der Waals surface area (Å²) in [6.07, 6.45) is 4.46. The smallest absolute Gasteiger partial charge is 0.191 e. The number of pyridine rings is 1. The van der Waals surface area contributed by atoms with E-state index in [9.17, 15) is 0 Å². The number of hydrogen-bond acceptors (Lipinski definition) is 5. The molecule has 0 amide bonds. The highest BCUT2D eigenvalue weighted by molar-refractivity contribution is 14.0. The van der Waals surface area contributed by atoms with Crippen LogP contribution in [0.15, 0.2) is 23.3 Å². The Kier molecular flexibility index (Phi) is 5.45. The Morgan fingerprint density at radius 3 is 2.90 bits per heavy atom. The largest absolute Gasteiger partial charge is 0.357 e. The van der Waals surface area contributed by atoms with E-state index < -0.39 is 0 Å². The molecular weight excluding hydrogens is 365 g/mol. The average Bonchev–Trinajstić information content (AvgIpc) is 3.08. The summed E-state index contributed by atoms with van der Waals surface area (Å²) in [5, 5.41) is 6.65. The molecule has 6 heteroatoms. The molecule has 2 aliphatic heterocycles. The van der Waals surface area contributed by atoms with Gasteiger partial charge in [-0.1, -0.05) is 0 Å². The molecule has 1 aromatic heterocycles. The second-order valence-electron chi connectivity index (χ2n) is 5.30. The second-order valence-corrected chi connectivity index (χ2v) is 5.30. The minimum atomic E-state index is 0. The Bertz CT molecular complexity index is 470. The van der Waals surface area contributed by atoms with Crippen molar-refractivity contribution in [1.29, 1.82) is 0 Å². The van der Waals surface area contributed by atoms with Gasteiger partial charge in [0.15, 0.2) is 5.96 Å². The van der Waals surface area contributed by atoms with Crippen LogP contribution in [0.5, 0.6) is 0 Å². The fourth-order valence-corrected chi connectivity index (χ4v) is 2.54. The van der Waals surface area contributed by atoms with Gasteiger partial charge in [0.05, 0.1) is 6.54 Å². The number of hydrogen-bond donors (Lipinski definition) is 2. The van der Waals surface area contributed by atoms with E-state index in [1.165, 1.54) is 18.4 Å². The molecule has 0 aromatic carbocycles. The highest BCUT2D eigenvalue weighted by Gasteiger charge is 2.14. The molecule has 3 rings (SSSR count). The fraction of sp³-hybridized carbons (Fsp3) is 0.571. The van der Waals surface area contributed by atoms with Crippen LogP contribution in [-0.4, -0.2) is 36.6 Å². The van der Waals surface area contributed by atoms with Gasteiger partial charge in [-0.3, -0.25) is 4.99 Å². The molecule has 110 valence electrons. The van der Waals surface area contributed by atoms with Gasteiger partial charge < -0.3 is 15.5 Å². The van der Waals surface area contributed by atoms with Crippen LogP contribution in [0.4, 0.5) is 5.82 Å². The zero-order chi connectivity index (χ0) is 13.1. The summed E-state index contributed by atoms with van der Waals surface area (Å²) in [4.78, 5) is 11.2. The average molecular weight is 387 g/mol. The molecule has 1 unspecified atom stereocenters. The monoisotopic (exact) mass is 387 g/mol. The maximum atomic E-state index is 4.47. The van der Waals surface area contributed by atoms with Crippen molar-refractivity contribution in [2.24, 2.45) is 4.99 Å². The van der Waals surface area contributed by atoms with Crippen LogP contribution in [0.1, 0.15) is 25.3 Å². The third-order valence-electron chi connectivity index (χ3n) is 3.61. The molecule has 0 aliphatic carbocycles. The number of anilines is 1. The van der Waals surface area contributed by atoms with E-state index >= 15 is 0 Å². The Morgan fingerprint density at radius 2 is 2.20 bits per heavy atom. The standard InChI is InChI=1S/C14H21N5.HI/c1-11-9-16-14(18-11)17-10-12-4-5-15-13(8-12)19-6-2-3-7-19;/h4-5,8,11H,2-3,6-7,9-10H2,1H3,(H2,16,17,18);1H. The van der Waals surface area contributed by atoms with Crippen LogP contribution < -0.4 is 15.5 Å². The first-order chi connectivity index (χ1) is 9.31. The SMILES string of the molecule is CC1CN=C(NCc2ccnc(N3CCCC3)c2)N1.I. The van der Waals surface area contributed by atoms with Crippen LogP contribution in [0.25, 0.3) is 0 Å². The van der Waals surface area contributed by atoms with E-state index in [0.717, 1.165) is 38.0 Å². The third-order valence-corrected chi connectivity index (χ3v) is 3.61. The van der Waals surface area contributed by atoms with Gasteiger partial charge >= 0.3 is 0 Å². The zero-order valence-corrected chi connectivity index (χ0v) is 14.1.